The molecule has 19 heavy (non-hydrogen) atoms. The lowest BCUT2D eigenvalue weighted by Gasteiger charge is -2.14. The molecule has 1 heterocycles. The van der Waals surface area contributed by atoms with Crippen LogP contribution in [0, 0.1) is 5.41 Å². The van der Waals surface area contributed by atoms with E-state index < -0.39 is 12.7 Å². The van der Waals surface area contributed by atoms with Gasteiger partial charge in [-0.05, 0) is 13.0 Å². The fourth-order valence-corrected chi connectivity index (χ4v) is 1.37. The van der Waals surface area contributed by atoms with Gasteiger partial charge < -0.3 is 16.0 Å². The van der Waals surface area contributed by atoms with Gasteiger partial charge in [-0.25, -0.2) is 0 Å². The average Bonchev–Trinajstić information content (AvgIpc) is 2.35. The van der Waals surface area contributed by atoms with E-state index in [1.165, 1.54) is 12.3 Å². The number of rotatable bonds is 6. The van der Waals surface area contributed by atoms with E-state index >= 15 is 0 Å². The van der Waals surface area contributed by atoms with E-state index in [1.807, 2.05) is 0 Å². The maximum atomic E-state index is 12.1. The first-order valence-corrected chi connectivity index (χ1v) is 5.38. The van der Waals surface area contributed by atoms with Gasteiger partial charge in [0.15, 0.2) is 0 Å². The Labute approximate surface area is 107 Å². The molecule has 104 valence electrons. The molecular weight excluding hydrogens is 261 g/mol. The molecule has 0 spiro atoms. The van der Waals surface area contributed by atoms with Gasteiger partial charge in [-0.1, -0.05) is 0 Å². The number of carbonyl (C=O) groups is 1. The molecular formula is C11H13F3N4O. The molecule has 0 aliphatic heterocycles. The number of hydrogen-bond donors (Lipinski definition) is 3. The van der Waals surface area contributed by atoms with Gasteiger partial charge in [0.2, 0.25) is 6.41 Å². The lowest BCUT2D eigenvalue weighted by Crippen LogP contribution is -2.22. The van der Waals surface area contributed by atoms with E-state index in [2.05, 4.69) is 15.6 Å². The predicted octanol–water partition coefficient (Wildman–Crippen LogP) is 1.86. The van der Waals surface area contributed by atoms with Crippen LogP contribution in [-0.4, -0.2) is 30.3 Å². The minimum atomic E-state index is -4.34. The molecule has 5 nitrogen and oxygen atoms in total. The fourth-order valence-electron chi connectivity index (χ4n) is 1.37. The van der Waals surface area contributed by atoms with Crippen molar-refractivity contribution in [1.82, 2.24) is 10.3 Å². The topological polar surface area (TPSA) is 77.9 Å². The third kappa shape index (κ3) is 4.57. The fraction of sp³-hybridized carbons (Fsp3) is 0.364. The average molecular weight is 274 g/mol. The van der Waals surface area contributed by atoms with Crippen LogP contribution in [0.5, 0.6) is 0 Å². The Balaban J connectivity index is 2.90. The molecule has 0 fully saturated rings. The van der Waals surface area contributed by atoms with Crippen molar-refractivity contribution in [3.63, 3.8) is 0 Å². The summed E-state index contributed by atoms with van der Waals surface area (Å²) in [5, 5.41) is 11.8. The Morgan fingerprint density at radius 1 is 1.53 bits per heavy atom. The van der Waals surface area contributed by atoms with Crippen LogP contribution < -0.4 is 10.6 Å². The minimum absolute atomic E-state index is 0.120. The second-order valence-corrected chi connectivity index (χ2v) is 3.82. The number of hydrogen-bond acceptors (Lipinski definition) is 4. The van der Waals surface area contributed by atoms with Gasteiger partial charge in [-0.15, -0.1) is 0 Å². The van der Waals surface area contributed by atoms with Gasteiger partial charge >= 0.3 is 6.18 Å². The molecule has 0 radical (unpaired) electrons. The molecule has 1 amide bonds. The Bertz CT molecular complexity index is 462. The molecule has 1 atom stereocenters. The first-order valence-electron chi connectivity index (χ1n) is 5.38. The molecule has 1 aromatic heterocycles. The van der Waals surface area contributed by atoms with E-state index in [9.17, 15) is 18.0 Å². The van der Waals surface area contributed by atoms with Crippen molar-refractivity contribution in [2.45, 2.75) is 19.1 Å². The lowest BCUT2D eigenvalue weighted by molar-refractivity contribution is -0.115. The smallest absolute Gasteiger partial charge is 0.375 e. The van der Waals surface area contributed by atoms with Crippen molar-refractivity contribution >= 4 is 18.3 Å². The largest absolute Gasteiger partial charge is 0.405 e. The van der Waals surface area contributed by atoms with Crippen LogP contribution in [0.2, 0.25) is 0 Å². The van der Waals surface area contributed by atoms with Gasteiger partial charge in [-0.3, -0.25) is 9.78 Å². The number of pyridine rings is 1. The summed E-state index contributed by atoms with van der Waals surface area (Å²) in [6.07, 6.45) is -1.70. The zero-order valence-corrected chi connectivity index (χ0v) is 10.1. The molecule has 0 saturated heterocycles. The van der Waals surface area contributed by atoms with Crippen molar-refractivity contribution in [3.05, 3.63) is 23.5 Å². The van der Waals surface area contributed by atoms with Crippen LogP contribution in [0.1, 0.15) is 24.2 Å². The second kappa shape index (κ2) is 6.17. The number of alkyl halides is 3. The molecule has 1 rings (SSSR count). The maximum absolute atomic E-state index is 12.1. The summed E-state index contributed by atoms with van der Waals surface area (Å²) >= 11 is 0. The van der Waals surface area contributed by atoms with E-state index in [0.717, 1.165) is 6.21 Å². The van der Waals surface area contributed by atoms with Gasteiger partial charge in [0.05, 0.1) is 23.6 Å². The summed E-state index contributed by atoms with van der Waals surface area (Å²) in [6.45, 7) is 0.476. The highest BCUT2D eigenvalue weighted by Gasteiger charge is 2.27. The van der Waals surface area contributed by atoms with Crippen molar-refractivity contribution in [2.75, 3.05) is 11.9 Å². The minimum Gasteiger partial charge on any atom is -0.375 e. The number of amides is 1. The van der Waals surface area contributed by atoms with Gasteiger partial charge in [0, 0.05) is 11.8 Å². The Morgan fingerprint density at radius 2 is 2.21 bits per heavy atom. The number of anilines is 1. The van der Waals surface area contributed by atoms with E-state index in [-0.39, 0.29) is 17.3 Å². The molecule has 0 aromatic carbocycles. The van der Waals surface area contributed by atoms with Gasteiger partial charge in [-0.2, -0.15) is 13.2 Å². The zero-order valence-electron chi connectivity index (χ0n) is 10.1. The van der Waals surface area contributed by atoms with Crippen molar-refractivity contribution in [3.8, 4) is 0 Å². The molecule has 8 heteroatoms. The van der Waals surface area contributed by atoms with Crippen LogP contribution in [-0.2, 0) is 4.79 Å². The summed E-state index contributed by atoms with van der Waals surface area (Å²) in [6, 6.07) is 1.07. The molecule has 0 saturated carbocycles. The lowest BCUT2D eigenvalue weighted by atomic mass is 10.1. The standard InChI is InChI=1S/C11H13F3N4O/c1-7(18-6-19)9-2-8(3-15)10(4-16-9)17-5-11(12,13)14/h2-4,6-7,15,17H,5H2,1H3,(H,18,19). The van der Waals surface area contributed by atoms with Crippen molar-refractivity contribution in [2.24, 2.45) is 0 Å². The quantitative estimate of drug-likeness (QED) is 0.547. The highest BCUT2D eigenvalue weighted by Crippen LogP contribution is 2.20. The summed E-state index contributed by atoms with van der Waals surface area (Å²) < 4.78 is 36.3. The zero-order chi connectivity index (χ0) is 14.5. The number of halogens is 3. The predicted molar refractivity (Wildman–Crippen MR) is 64.3 cm³/mol. The van der Waals surface area contributed by atoms with Crippen LogP contribution >= 0.6 is 0 Å². The van der Waals surface area contributed by atoms with E-state index in [1.54, 1.807) is 6.92 Å². The van der Waals surface area contributed by atoms with Crippen LogP contribution in [0.4, 0.5) is 18.9 Å². The van der Waals surface area contributed by atoms with E-state index in [4.69, 9.17) is 5.41 Å². The molecule has 0 aliphatic carbocycles. The first kappa shape index (κ1) is 14.9. The van der Waals surface area contributed by atoms with Gasteiger partial charge in [0.25, 0.3) is 0 Å². The van der Waals surface area contributed by atoms with Crippen LogP contribution in [0.25, 0.3) is 0 Å². The maximum Gasteiger partial charge on any atom is 0.405 e. The Hall–Kier alpha value is -2.12. The summed E-state index contributed by atoms with van der Waals surface area (Å²) in [5.41, 5.74) is 0.853. The Kier molecular flexibility index (Phi) is 4.85. The summed E-state index contributed by atoms with van der Waals surface area (Å²) in [7, 11) is 0. The molecule has 3 N–H and O–H groups in total. The highest BCUT2D eigenvalue weighted by molar-refractivity contribution is 5.85. The van der Waals surface area contributed by atoms with Gasteiger partial charge in [0.1, 0.15) is 6.54 Å². The van der Waals surface area contributed by atoms with Crippen molar-refractivity contribution < 1.29 is 18.0 Å². The first-order chi connectivity index (χ1) is 8.87. The SMILES string of the molecule is CC(NC=O)c1cc(C=N)c(NCC(F)(F)F)cn1. The molecule has 1 unspecified atom stereocenters. The number of nitrogens with one attached hydrogen (secondary N) is 3. The van der Waals surface area contributed by atoms with E-state index in [0.29, 0.717) is 12.1 Å². The number of nitrogens with zero attached hydrogens (tertiary/aromatic N) is 1. The molecule has 0 aliphatic rings. The number of aromatic nitrogens is 1. The normalized spacial score (nSPS) is 12.6. The van der Waals surface area contributed by atoms with Crippen LogP contribution in [0.15, 0.2) is 12.3 Å². The van der Waals surface area contributed by atoms with Crippen molar-refractivity contribution in [1.29, 1.82) is 5.41 Å². The highest BCUT2D eigenvalue weighted by atomic mass is 19.4. The molecule has 0 bridgehead atoms. The third-order valence-corrected chi connectivity index (χ3v) is 2.35. The second-order valence-electron chi connectivity index (χ2n) is 3.82. The monoisotopic (exact) mass is 274 g/mol. The summed E-state index contributed by atoms with van der Waals surface area (Å²) in [4.78, 5) is 14.3. The summed E-state index contributed by atoms with van der Waals surface area (Å²) in [5.74, 6) is 0. The van der Waals surface area contributed by atoms with Crippen LogP contribution in [0.3, 0.4) is 0 Å². The molecule has 1 aromatic rings. The number of carbonyl (C=O) groups excluding carboxylic acids is 1. The third-order valence-electron chi connectivity index (χ3n) is 2.35. The Morgan fingerprint density at radius 3 is 2.74 bits per heavy atom.